The molecule has 0 spiro atoms. The van der Waals surface area contributed by atoms with E-state index in [2.05, 4.69) is 21.9 Å². The molecular formula is C19H21N3O3. The molecule has 1 fully saturated rings. The van der Waals surface area contributed by atoms with Gasteiger partial charge in [-0.25, -0.2) is 9.97 Å². The number of anilines is 1. The van der Waals surface area contributed by atoms with Crippen LogP contribution in [0, 0.1) is 5.92 Å². The predicted octanol–water partition coefficient (Wildman–Crippen LogP) is 3.07. The maximum absolute atomic E-state index is 12.5. The van der Waals surface area contributed by atoms with Gasteiger partial charge < -0.3 is 9.47 Å². The quantitative estimate of drug-likeness (QED) is 0.848. The highest BCUT2D eigenvalue weighted by Crippen LogP contribution is 2.27. The lowest BCUT2D eigenvalue weighted by Crippen LogP contribution is -2.30. The molecule has 6 nitrogen and oxygen atoms in total. The van der Waals surface area contributed by atoms with Crippen molar-refractivity contribution in [2.75, 3.05) is 19.0 Å². The van der Waals surface area contributed by atoms with E-state index >= 15 is 0 Å². The highest BCUT2D eigenvalue weighted by molar-refractivity contribution is 5.92. The summed E-state index contributed by atoms with van der Waals surface area (Å²) in [7, 11) is 1.62. The van der Waals surface area contributed by atoms with Gasteiger partial charge in [-0.1, -0.05) is 12.2 Å². The number of carbonyl (C=O) groups is 1. The van der Waals surface area contributed by atoms with Crippen LogP contribution in [0.4, 0.5) is 5.95 Å². The van der Waals surface area contributed by atoms with Gasteiger partial charge in [0.15, 0.2) is 0 Å². The number of aromatic nitrogens is 2. The number of ether oxygens (including phenoxy) is 2. The first-order chi connectivity index (χ1) is 12.1. The molecule has 1 N–H and O–H groups in total. The fourth-order valence-corrected chi connectivity index (χ4v) is 2.89. The summed E-state index contributed by atoms with van der Waals surface area (Å²) < 4.78 is 10.7. The predicted molar refractivity (Wildman–Crippen MR) is 95.3 cm³/mol. The summed E-state index contributed by atoms with van der Waals surface area (Å²) in [6.07, 6.45) is 2.05. The van der Waals surface area contributed by atoms with Crippen LogP contribution in [0.1, 0.15) is 13.3 Å². The number of hydrogen-bond donors (Lipinski definition) is 1. The molecule has 1 amide bonds. The zero-order valence-electron chi connectivity index (χ0n) is 14.4. The van der Waals surface area contributed by atoms with Gasteiger partial charge in [-0.05, 0) is 43.7 Å². The second-order valence-electron chi connectivity index (χ2n) is 6.02. The van der Waals surface area contributed by atoms with E-state index in [0.29, 0.717) is 13.0 Å². The largest absolute Gasteiger partial charge is 0.497 e. The van der Waals surface area contributed by atoms with Crippen LogP contribution in [-0.2, 0) is 9.53 Å². The van der Waals surface area contributed by atoms with Crippen molar-refractivity contribution in [1.29, 1.82) is 0 Å². The number of nitrogens with one attached hydrogen (secondary N) is 1. The Bertz CT molecular complexity index is 774. The maximum Gasteiger partial charge on any atom is 0.232 e. The zero-order valence-corrected chi connectivity index (χ0v) is 14.4. The molecule has 6 heteroatoms. The number of methoxy groups -OCH3 is 1. The molecule has 2 atom stereocenters. The van der Waals surface area contributed by atoms with Crippen molar-refractivity contribution in [3.05, 3.63) is 48.7 Å². The van der Waals surface area contributed by atoms with Crippen LogP contribution in [0.5, 0.6) is 5.75 Å². The SMILES string of the molecule is C=C(C)[C@H]1OCC[C@H]1C(=O)Nc1nccc(-c2ccc(OC)cc2)n1. The number of benzene rings is 1. The van der Waals surface area contributed by atoms with Crippen molar-refractivity contribution in [2.45, 2.75) is 19.4 Å². The Kier molecular flexibility index (Phi) is 5.09. The minimum atomic E-state index is -0.259. The molecule has 0 bridgehead atoms. The van der Waals surface area contributed by atoms with Crippen LogP contribution in [0.2, 0.25) is 0 Å². The second-order valence-corrected chi connectivity index (χ2v) is 6.02. The topological polar surface area (TPSA) is 73.3 Å². The average molecular weight is 339 g/mol. The van der Waals surface area contributed by atoms with Gasteiger partial charge in [-0.3, -0.25) is 10.1 Å². The van der Waals surface area contributed by atoms with Gasteiger partial charge in [0.2, 0.25) is 11.9 Å². The number of hydrogen-bond acceptors (Lipinski definition) is 5. The first-order valence-corrected chi connectivity index (χ1v) is 8.14. The third kappa shape index (κ3) is 3.85. The molecule has 2 aromatic rings. The van der Waals surface area contributed by atoms with Gasteiger partial charge in [0.1, 0.15) is 5.75 Å². The van der Waals surface area contributed by atoms with Crippen LogP contribution in [0.3, 0.4) is 0 Å². The van der Waals surface area contributed by atoms with E-state index in [1.54, 1.807) is 19.4 Å². The van der Waals surface area contributed by atoms with E-state index in [1.165, 1.54) is 0 Å². The standard InChI is InChI=1S/C19H21N3O3/c1-12(2)17-15(9-11-25-17)18(23)22-19-20-10-8-16(21-19)13-4-6-14(24-3)7-5-13/h4-8,10,15,17H,1,9,11H2,2-3H3,(H,20,21,22,23)/t15-,17-/m1/s1. The summed E-state index contributed by atoms with van der Waals surface area (Å²) in [6.45, 7) is 6.33. The monoisotopic (exact) mass is 339 g/mol. The third-order valence-electron chi connectivity index (χ3n) is 4.19. The summed E-state index contributed by atoms with van der Waals surface area (Å²) in [4.78, 5) is 21.1. The molecule has 1 aliphatic rings. The minimum Gasteiger partial charge on any atom is -0.497 e. The highest BCUT2D eigenvalue weighted by atomic mass is 16.5. The van der Waals surface area contributed by atoms with Gasteiger partial charge in [0.25, 0.3) is 0 Å². The van der Waals surface area contributed by atoms with Gasteiger partial charge in [-0.15, -0.1) is 0 Å². The molecule has 1 aromatic carbocycles. The molecular weight excluding hydrogens is 318 g/mol. The van der Waals surface area contributed by atoms with E-state index in [1.807, 2.05) is 31.2 Å². The molecule has 0 unspecified atom stereocenters. The van der Waals surface area contributed by atoms with Crippen molar-refractivity contribution in [3.8, 4) is 17.0 Å². The van der Waals surface area contributed by atoms with Crippen molar-refractivity contribution in [1.82, 2.24) is 9.97 Å². The van der Waals surface area contributed by atoms with Crippen LogP contribution in [0.25, 0.3) is 11.3 Å². The molecule has 1 aliphatic heterocycles. The van der Waals surface area contributed by atoms with E-state index in [9.17, 15) is 4.79 Å². The molecule has 0 radical (unpaired) electrons. The Morgan fingerprint density at radius 3 is 2.76 bits per heavy atom. The molecule has 2 heterocycles. The summed E-state index contributed by atoms with van der Waals surface area (Å²) in [5.41, 5.74) is 2.50. The lowest BCUT2D eigenvalue weighted by molar-refractivity contribution is -0.120. The molecule has 130 valence electrons. The first-order valence-electron chi connectivity index (χ1n) is 8.14. The van der Waals surface area contributed by atoms with Crippen molar-refractivity contribution in [2.24, 2.45) is 5.92 Å². The van der Waals surface area contributed by atoms with Gasteiger partial charge >= 0.3 is 0 Å². The molecule has 25 heavy (non-hydrogen) atoms. The lowest BCUT2D eigenvalue weighted by Gasteiger charge is -2.17. The van der Waals surface area contributed by atoms with E-state index in [-0.39, 0.29) is 23.9 Å². The van der Waals surface area contributed by atoms with Crippen LogP contribution < -0.4 is 10.1 Å². The summed E-state index contributed by atoms with van der Waals surface area (Å²) in [5, 5.41) is 2.79. The van der Waals surface area contributed by atoms with Crippen LogP contribution in [0.15, 0.2) is 48.7 Å². The summed E-state index contributed by atoms with van der Waals surface area (Å²) >= 11 is 0. The maximum atomic E-state index is 12.5. The van der Waals surface area contributed by atoms with Gasteiger partial charge in [-0.2, -0.15) is 0 Å². The van der Waals surface area contributed by atoms with Crippen molar-refractivity contribution >= 4 is 11.9 Å². The lowest BCUT2D eigenvalue weighted by atomic mass is 9.96. The highest BCUT2D eigenvalue weighted by Gasteiger charge is 2.34. The van der Waals surface area contributed by atoms with E-state index < -0.39 is 0 Å². The molecule has 3 rings (SSSR count). The Balaban J connectivity index is 1.75. The number of carbonyl (C=O) groups excluding carboxylic acids is 1. The first kappa shape index (κ1) is 17.1. The molecule has 1 saturated heterocycles. The fourth-order valence-electron chi connectivity index (χ4n) is 2.89. The summed E-state index contributed by atoms with van der Waals surface area (Å²) in [6, 6.07) is 9.35. The Morgan fingerprint density at radius 2 is 2.08 bits per heavy atom. The minimum absolute atomic E-state index is 0.141. The fraction of sp³-hybridized carbons (Fsp3) is 0.316. The number of amides is 1. The van der Waals surface area contributed by atoms with Crippen molar-refractivity contribution in [3.63, 3.8) is 0 Å². The molecule has 0 aliphatic carbocycles. The van der Waals surface area contributed by atoms with Crippen LogP contribution >= 0.6 is 0 Å². The normalized spacial score (nSPS) is 19.4. The molecule has 1 aromatic heterocycles. The zero-order chi connectivity index (χ0) is 17.8. The van der Waals surface area contributed by atoms with E-state index in [4.69, 9.17) is 9.47 Å². The smallest absolute Gasteiger partial charge is 0.232 e. The van der Waals surface area contributed by atoms with Crippen LogP contribution in [-0.4, -0.2) is 35.7 Å². The summed E-state index contributed by atoms with van der Waals surface area (Å²) in [5.74, 6) is 0.659. The van der Waals surface area contributed by atoms with Gasteiger partial charge in [0.05, 0.1) is 24.8 Å². The number of rotatable bonds is 5. The molecule has 0 saturated carbocycles. The average Bonchev–Trinajstić information content (AvgIpc) is 3.12. The van der Waals surface area contributed by atoms with Crippen molar-refractivity contribution < 1.29 is 14.3 Å². The second kappa shape index (κ2) is 7.44. The number of nitrogens with zero attached hydrogens (tertiary/aromatic N) is 2. The third-order valence-corrected chi connectivity index (χ3v) is 4.19. The Morgan fingerprint density at radius 1 is 1.32 bits per heavy atom. The Labute approximate surface area is 146 Å². The van der Waals surface area contributed by atoms with E-state index in [0.717, 1.165) is 22.6 Å². The van der Waals surface area contributed by atoms with Gasteiger partial charge in [0, 0.05) is 18.4 Å². The Hall–Kier alpha value is -2.73.